The summed E-state index contributed by atoms with van der Waals surface area (Å²) in [5, 5.41) is -0.0955. The molecule has 0 aliphatic carbocycles. The third kappa shape index (κ3) is 4.98. The van der Waals surface area contributed by atoms with Gasteiger partial charge in [0, 0.05) is 21.8 Å². The largest absolute Gasteiger partial charge is 0.447 e. The van der Waals surface area contributed by atoms with Gasteiger partial charge in [-0.15, -0.1) is 11.8 Å². The van der Waals surface area contributed by atoms with Gasteiger partial charge in [0.1, 0.15) is 6.61 Å². The van der Waals surface area contributed by atoms with Crippen LogP contribution in [0, 0.1) is 0 Å². The third-order valence-electron chi connectivity index (χ3n) is 3.34. The Morgan fingerprint density at radius 3 is 2.42 bits per heavy atom. The highest BCUT2D eigenvalue weighted by Gasteiger charge is 2.36. The van der Waals surface area contributed by atoms with Crippen LogP contribution >= 0.6 is 23.4 Å². The zero-order valence-electron chi connectivity index (χ0n) is 13.9. The lowest BCUT2D eigenvalue weighted by Gasteiger charge is -2.26. The van der Waals surface area contributed by atoms with E-state index in [1.54, 1.807) is 24.3 Å². The summed E-state index contributed by atoms with van der Waals surface area (Å²) in [7, 11) is 0. The summed E-state index contributed by atoms with van der Waals surface area (Å²) < 4.78 is 4.60. The number of Topliss-reactive ketones (excluding diaryl/α,β-unsaturated/α-hetero) is 1. The van der Waals surface area contributed by atoms with Gasteiger partial charge in [-0.05, 0) is 24.3 Å². The number of imide groups is 1. The first-order valence-corrected chi connectivity index (χ1v) is 8.88. The molecular weight excluding hydrogens is 350 g/mol. The summed E-state index contributed by atoms with van der Waals surface area (Å²) >= 11 is 7.21. The maximum absolute atomic E-state index is 12.7. The van der Waals surface area contributed by atoms with Gasteiger partial charge in [0.15, 0.2) is 5.78 Å². The quantitative estimate of drug-likeness (QED) is 0.739. The molecule has 5 nitrogen and oxygen atoms in total. The van der Waals surface area contributed by atoms with Crippen molar-refractivity contribution in [2.75, 3.05) is 13.2 Å². The van der Waals surface area contributed by atoms with E-state index in [9.17, 15) is 14.4 Å². The number of ketones is 1. The molecule has 0 spiro atoms. The molecule has 1 aliphatic heterocycles. The van der Waals surface area contributed by atoms with Crippen molar-refractivity contribution < 1.29 is 19.1 Å². The zero-order chi connectivity index (χ0) is 17.9. The van der Waals surface area contributed by atoms with Gasteiger partial charge in [-0.1, -0.05) is 32.4 Å². The number of nitrogens with zero attached hydrogens (tertiary/aromatic N) is 1. The molecule has 1 aromatic carbocycles. The minimum absolute atomic E-state index is 0.0200. The lowest BCUT2D eigenvalue weighted by atomic mass is 10.1. The number of amides is 2. The summed E-state index contributed by atoms with van der Waals surface area (Å²) in [6.45, 7) is 6.32. The molecule has 0 saturated carbocycles. The van der Waals surface area contributed by atoms with Crippen molar-refractivity contribution in [1.82, 2.24) is 4.90 Å². The molecule has 7 heteroatoms. The summed E-state index contributed by atoms with van der Waals surface area (Å²) in [6, 6.07) is 6.55. The van der Waals surface area contributed by atoms with E-state index in [2.05, 4.69) is 0 Å². The van der Waals surface area contributed by atoms with Crippen LogP contribution < -0.4 is 0 Å². The average molecular weight is 370 g/mol. The predicted octanol–water partition coefficient (Wildman–Crippen LogP) is 3.79. The van der Waals surface area contributed by atoms with Crippen molar-refractivity contribution >= 4 is 41.1 Å². The molecule has 1 saturated heterocycles. The molecule has 1 atom stereocenters. The van der Waals surface area contributed by atoms with E-state index in [0.29, 0.717) is 10.6 Å². The smallest absolute Gasteiger partial charge is 0.416 e. The Morgan fingerprint density at radius 2 is 1.92 bits per heavy atom. The number of rotatable bonds is 5. The number of benzene rings is 1. The fourth-order valence-corrected chi connectivity index (χ4v) is 3.74. The van der Waals surface area contributed by atoms with Gasteiger partial charge >= 0.3 is 6.09 Å². The maximum Gasteiger partial charge on any atom is 0.416 e. The Balaban J connectivity index is 2.16. The fourth-order valence-electron chi connectivity index (χ4n) is 2.30. The van der Waals surface area contributed by atoms with E-state index in [1.807, 2.05) is 20.8 Å². The van der Waals surface area contributed by atoms with Crippen molar-refractivity contribution in [3.63, 3.8) is 0 Å². The van der Waals surface area contributed by atoms with E-state index >= 15 is 0 Å². The van der Waals surface area contributed by atoms with Gasteiger partial charge in [0.2, 0.25) is 5.91 Å². The van der Waals surface area contributed by atoms with Crippen LogP contribution in [-0.4, -0.2) is 45.8 Å². The van der Waals surface area contributed by atoms with Crippen LogP contribution in [0.5, 0.6) is 0 Å². The second-order valence-electron chi connectivity index (χ2n) is 6.46. The molecule has 0 N–H and O–H groups in total. The maximum atomic E-state index is 12.7. The van der Waals surface area contributed by atoms with Crippen LogP contribution in [-0.2, 0) is 9.53 Å². The number of thioether (sulfide) groups is 1. The molecular formula is C17H20ClNO4S. The Labute approximate surface area is 150 Å². The molecule has 2 rings (SSSR count). The monoisotopic (exact) mass is 369 g/mol. The first-order valence-electron chi connectivity index (χ1n) is 7.62. The first kappa shape index (κ1) is 18.8. The van der Waals surface area contributed by atoms with Crippen LogP contribution in [0.3, 0.4) is 0 Å². The highest BCUT2D eigenvalue weighted by atomic mass is 35.5. The molecule has 1 heterocycles. The summed E-state index contributed by atoms with van der Waals surface area (Å²) in [6.07, 6.45) is -0.620. The predicted molar refractivity (Wildman–Crippen MR) is 94.6 cm³/mol. The van der Waals surface area contributed by atoms with Crippen LogP contribution in [0.15, 0.2) is 24.3 Å². The van der Waals surface area contributed by atoms with E-state index in [0.717, 1.165) is 4.90 Å². The van der Waals surface area contributed by atoms with Crippen LogP contribution in [0.4, 0.5) is 4.79 Å². The first-order chi connectivity index (χ1) is 11.2. The minimum atomic E-state index is -0.640. The summed E-state index contributed by atoms with van der Waals surface area (Å²) in [4.78, 5) is 37.9. The Bertz CT molecular complexity index is 639. The van der Waals surface area contributed by atoms with E-state index in [1.165, 1.54) is 11.8 Å². The fraction of sp³-hybridized carbons (Fsp3) is 0.471. The summed E-state index contributed by atoms with van der Waals surface area (Å²) in [5.74, 6) is -0.533. The number of carbonyl (C=O) groups excluding carboxylic acids is 3. The molecule has 0 unspecified atom stereocenters. The normalized spacial score (nSPS) is 16.0. The number of halogens is 1. The van der Waals surface area contributed by atoms with Crippen LogP contribution in [0.2, 0.25) is 5.02 Å². The molecule has 0 aromatic heterocycles. The molecule has 1 aromatic rings. The van der Waals surface area contributed by atoms with Crippen molar-refractivity contribution in [3.05, 3.63) is 34.9 Å². The van der Waals surface area contributed by atoms with Crippen molar-refractivity contribution in [1.29, 1.82) is 0 Å². The van der Waals surface area contributed by atoms with Crippen molar-refractivity contribution in [2.24, 2.45) is 0 Å². The van der Waals surface area contributed by atoms with Crippen molar-refractivity contribution in [2.45, 2.75) is 37.2 Å². The standard InChI is InChI=1S/C17H20ClNO4S/c1-17(2,3)24-14(15(21)19-8-9-23-16(19)22)10-13(20)11-4-6-12(18)7-5-11/h4-7,14H,8-10H2,1-3H3/t14-/m0/s1. The molecule has 1 aliphatic rings. The number of cyclic esters (lactones) is 1. The number of ether oxygens (including phenoxy) is 1. The molecule has 24 heavy (non-hydrogen) atoms. The molecule has 2 amide bonds. The third-order valence-corrected chi connectivity index (χ3v) is 4.95. The van der Waals surface area contributed by atoms with Gasteiger partial charge < -0.3 is 4.74 Å². The Hall–Kier alpha value is -1.53. The Kier molecular flexibility index (Phi) is 5.93. The van der Waals surface area contributed by atoms with Gasteiger partial charge in [0.25, 0.3) is 0 Å². The van der Waals surface area contributed by atoms with Crippen LogP contribution in [0.25, 0.3) is 0 Å². The second-order valence-corrected chi connectivity index (χ2v) is 8.92. The van der Waals surface area contributed by atoms with Crippen molar-refractivity contribution in [3.8, 4) is 0 Å². The second kappa shape index (κ2) is 7.57. The van der Waals surface area contributed by atoms with E-state index in [-0.39, 0.29) is 36.0 Å². The lowest BCUT2D eigenvalue weighted by molar-refractivity contribution is -0.127. The summed E-state index contributed by atoms with van der Waals surface area (Å²) in [5.41, 5.74) is 0.496. The average Bonchev–Trinajstić information content (AvgIpc) is 2.91. The number of hydrogen-bond acceptors (Lipinski definition) is 5. The molecule has 0 radical (unpaired) electrons. The number of carbonyl (C=O) groups is 3. The zero-order valence-corrected chi connectivity index (χ0v) is 15.4. The van der Waals surface area contributed by atoms with E-state index in [4.69, 9.17) is 16.3 Å². The van der Waals surface area contributed by atoms with Crippen LogP contribution in [0.1, 0.15) is 37.6 Å². The molecule has 130 valence electrons. The topological polar surface area (TPSA) is 63.7 Å². The van der Waals surface area contributed by atoms with Gasteiger partial charge in [-0.25, -0.2) is 9.69 Å². The minimum Gasteiger partial charge on any atom is -0.447 e. The van der Waals surface area contributed by atoms with E-state index < -0.39 is 11.3 Å². The lowest BCUT2D eigenvalue weighted by Crippen LogP contribution is -2.40. The van der Waals surface area contributed by atoms with Gasteiger partial charge in [0.05, 0.1) is 11.8 Å². The molecule has 1 fully saturated rings. The SMILES string of the molecule is CC(C)(C)S[C@@H](CC(=O)c1ccc(Cl)cc1)C(=O)N1CCOC1=O. The number of hydrogen-bond donors (Lipinski definition) is 0. The van der Waals surface area contributed by atoms with Gasteiger partial charge in [-0.3, -0.25) is 9.59 Å². The highest BCUT2D eigenvalue weighted by molar-refractivity contribution is 8.01. The Morgan fingerprint density at radius 1 is 1.29 bits per heavy atom. The van der Waals surface area contributed by atoms with Gasteiger partial charge in [-0.2, -0.15) is 0 Å². The highest BCUT2D eigenvalue weighted by Crippen LogP contribution is 2.32. The molecule has 0 bridgehead atoms.